The molecule has 60 valence electrons. The van der Waals surface area contributed by atoms with Crippen molar-refractivity contribution in [3.05, 3.63) is 30.1 Å². The van der Waals surface area contributed by atoms with Crippen LogP contribution in [-0.2, 0) is 0 Å². The fourth-order valence-corrected chi connectivity index (χ4v) is 1.37. The number of halogens is 1. The van der Waals surface area contributed by atoms with E-state index < -0.39 is 0 Å². The first-order valence-corrected chi connectivity index (χ1v) is 3.74. The fraction of sp³-hybridized carbons (Fsp3) is 0. The summed E-state index contributed by atoms with van der Waals surface area (Å²) in [4.78, 5) is 14.6. The summed E-state index contributed by atoms with van der Waals surface area (Å²) >= 11 is 5.77. The second kappa shape index (κ2) is 2.60. The zero-order chi connectivity index (χ0) is 8.55. The van der Waals surface area contributed by atoms with E-state index in [4.69, 9.17) is 11.8 Å². The van der Waals surface area contributed by atoms with Gasteiger partial charge in [-0.15, -0.1) is 0 Å². The third-order valence-corrected chi connectivity index (χ3v) is 1.95. The lowest BCUT2D eigenvalue weighted by molar-refractivity contribution is 0.112. The Morgan fingerprint density at radius 2 is 2.42 bits per heavy atom. The van der Waals surface area contributed by atoms with E-state index in [-0.39, 0.29) is 0 Å². The minimum atomic E-state index is 0.514. The molecule has 3 nitrogen and oxygen atoms in total. The van der Waals surface area contributed by atoms with Crippen molar-refractivity contribution >= 4 is 29.1 Å². The van der Waals surface area contributed by atoms with E-state index in [9.17, 15) is 4.79 Å². The molecule has 2 rings (SSSR count). The fourth-order valence-electron chi connectivity index (χ4n) is 1.13. The molecule has 0 amide bonds. The van der Waals surface area contributed by atoms with Gasteiger partial charge in [0.25, 0.3) is 0 Å². The van der Waals surface area contributed by atoms with Crippen LogP contribution in [0, 0.1) is 0 Å². The van der Waals surface area contributed by atoms with Crippen LogP contribution in [0.1, 0.15) is 10.4 Å². The predicted molar refractivity (Wildman–Crippen MR) is 46.4 cm³/mol. The number of hydrogen-bond acceptors (Lipinski definition) is 2. The summed E-state index contributed by atoms with van der Waals surface area (Å²) in [5.41, 5.74) is 1.91. The smallest absolute Gasteiger partial charge is 0.153 e. The van der Waals surface area contributed by atoms with Crippen LogP contribution in [0.2, 0.25) is 0 Å². The Hall–Kier alpha value is -1.35. The van der Waals surface area contributed by atoms with Crippen LogP contribution >= 0.6 is 11.8 Å². The van der Waals surface area contributed by atoms with Crippen molar-refractivity contribution in [1.82, 2.24) is 9.07 Å². The van der Waals surface area contributed by atoms with Gasteiger partial charge in [-0.1, -0.05) is 0 Å². The third kappa shape index (κ3) is 0.905. The zero-order valence-electron chi connectivity index (χ0n) is 6.07. The molecule has 0 bridgehead atoms. The number of rotatable bonds is 1. The molecule has 0 spiro atoms. The van der Waals surface area contributed by atoms with E-state index in [2.05, 4.69) is 4.98 Å². The van der Waals surface area contributed by atoms with E-state index in [1.165, 1.54) is 4.09 Å². The first-order chi connectivity index (χ1) is 5.83. The van der Waals surface area contributed by atoms with Gasteiger partial charge < -0.3 is 0 Å². The Kier molecular flexibility index (Phi) is 1.59. The minimum absolute atomic E-state index is 0.514. The lowest BCUT2D eigenvalue weighted by atomic mass is 10.3. The molecule has 0 saturated carbocycles. The summed E-state index contributed by atoms with van der Waals surface area (Å²) in [6.45, 7) is 0. The summed E-state index contributed by atoms with van der Waals surface area (Å²) in [5, 5.41) is 0. The molecule has 0 N–H and O–H groups in total. The van der Waals surface area contributed by atoms with Crippen molar-refractivity contribution in [2.45, 2.75) is 0 Å². The van der Waals surface area contributed by atoms with Gasteiger partial charge in [-0.3, -0.25) is 13.9 Å². The molecule has 0 radical (unpaired) electrons. The number of nitrogens with zero attached hydrogens (tertiary/aromatic N) is 2. The summed E-state index contributed by atoms with van der Waals surface area (Å²) in [6.07, 6.45) is 3.92. The Balaban J connectivity index is 2.91. The molecule has 12 heavy (non-hydrogen) atoms. The number of carbonyl (C=O) groups excluding carboxylic acids is 1. The van der Waals surface area contributed by atoms with Gasteiger partial charge in [0.15, 0.2) is 6.29 Å². The van der Waals surface area contributed by atoms with Crippen LogP contribution in [-0.4, -0.2) is 15.4 Å². The van der Waals surface area contributed by atoms with Crippen molar-refractivity contribution < 1.29 is 4.79 Å². The normalized spacial score (nSPS) is 10.4. The van der Waals surface area contributed by atoms with Gasteiger partial charge in [-0.2, -0.15) is 0 Å². The van der Waals surface area contributed by atoms with Crippen LogP contribution in [0.4, 0.5) is 0 Å². The molecule has 0 aromatic carbocycles. The van der Waals surface area contributed by atoms with Gasteiger partial charge in [0.05, 0.1) is 16.6 Å². The predicted octanol–water partition coefficient (Wildman–Crippen LogP) is 1.85. The van der Waals surface area contributed by atoms with Crippen LogP contribution in [0.25, 0.3) is 11.0 Å². The van der Waals surface area contributed by atoms with Crippen LogP contribution in [0.5, 0.6) is 0 Å². The monoisotopic (exact) mass is 180 g/mol. The van der Waals surface area contributed by atoms with E-state index in [1.807, 2.05) is 6.07 Å². The highest BCUT2D eigenvalue weighted by molar-refractivity contribution is 6.20. The van der Waals surface area contributed by atoms with Crippen molar-refractivity contribution in [3.8, 4) is 0 Å². The molecule has 0 fully saturated rings. The van der Waals surface area contributed by atoms with E-state index in [0.29, 0.717) is 11.1 Å². The average Bonchev–Trinajstić information content (AvgIpc) is 2.44. The number of pyridine rings is 1. The average molecular weight is 181 g/mol. The molecule has 0 saturated heterocycles. The Morgan fingerprint density at radius 1 is 1.58 bits per heavy atom. The van der Waals surface area contributed by atoms with E-state index >= 15 is 0 Å². The number of carbonyl (C=O) groups is 1. The number of fused-ring (bicyclic) bond motifs is 1. The van der Waals surface area contributed by atoms with Crippen LogP contribution in [0.15, 0.2) is 24.5 Å². The van der Waals surface area contributed by atoms with Crippen LogP contribution in [0.3, 0.4) is 0 Å². The maximum Gasteiger partial charge on any atom is 0.153 e. The van der Waals surface area contributed by atoms with Crippen molar-refractivity contribution in [2.75, 3.05) is 0 Å². The molecular weight excluding hydrogens is 176 g/mol. The highest BCUT2D eigenvalue weighted by atomic mass is 35.5. The quantitative estimate of drug-likeness (QED) is 0.628. The lowest BCUT2D eigenvalue weighted by Crippen LogP contribution is -1.78. The Bertz CT molecular complexity index is 436. The van der Waals surface area contributed by atoms with E-state index in [1.54, 1.807) is 18.5 Å². The first kappa shape index (κ1) is 7.31. The molecule has 0 aliphatic heterocycles. The van der Waals surface area contributed by atoms with Gasteiger partial charge in [0, 0.05) is 24.2 Å². The Morgan fingerprint density at radius 3 is 3.17 bits per heavy atom. The molecular formula is C8H5ClN2O. The van der Waals surface area contributed by atoms with Gasteiger partial charge in [0.2, 0.25) is 0 Å². The summed E-state index contributed by atoms with van der Waals surface area (Å²) in [5.74, 6) is 0. The van der Waals surface area contributed by atoms with Gasteiger partial charge in [0.1, 0.15) is 0 Å². The van der Waals surface area contributed by atoms with Crippen molar-refractivity contribution in [1.29, 1.82) is 0 Å². The molecule has 2 aromatic heterocycles. The number of aldehydes is 1. The molecule has 0 aliphatic carbocycles. The highest BCUT2D eigenvalue weighted by Crippen LogP contribution is 2.17. The third-order valence-electron chi connectivity index (χ3n) is 1.67. The molecule has 0 aliphatic rings. The topological polar surface area (TPSA) is 34.9 Å². The lowest BCUT2D eigenvalue weighted by Gasteiger charge is -1.89. The summed E-state index contributed by atoms with van der Waals surface area (Å²) in [7, 11) is 0. The second-order valence-electron chi connectivity index (χ2n) is 2.38. The van der Waals surface area contributed by atoms with Gasteiger partial charge in [-0.25, -0.2) is 0 Å². The van der Waals surface area contributed by atoms with E-state index in [0.717, 1.165) is 11.8 Å². The summed E-state index contributed by atoms with van der Waals surface area (Å²) < 4.78 is 1.37. The first-order valence-electron chi connectivity index (χ1n) is 3.40. The minimum Gasteiger partial charge on any atom is -0.298 e. The van der Waals surface area contributed by atoms with Crippen molar-refractivity contribution in [2.24, 2.45) is 0 Å². The summed E-state index contributed by atoms with van der Waals surface area (Å²) in [6, 6.07) is 3.58. The van der Waals surface area contributed by atoms with Gasteiger partial charge >= 0.3 is 0 Å². The van der Waals surface area contributed by atoms with Crippen molar-refractivity contribution in [3.63, 3.8) is 0 Å². The van der Waals surface area contributed by atoms with Gasteiger partial charge in [-0.05, 0) is 12.1 Å². The second-order valence-corrected chi connectivity index (χ2v) is 2.75. The molecule has 4 heteroatoms. The molecule has 0 atom stereocenters. The maximum absolute atomic E-state index is 10.5. The maximum atomic E-state index is 10.5. The SMILES string of the molecule is O=Cc1cn(Cl)c2cccnc12. The largest absolute Gasteiger partial charge is 0.298 e. The van der Waals surface area contributed by atoms with Crippen LogP contribution < -0.4 is 0 Å². The standard InChI is InChI=1S/C8H5ClN2O/c9-11-4-6(5-12)8-7(11)2-1-3-10-8/h1-5H. The number of aromatic nitrogens is 2. The zero-order valence-corrected chi connectivity index (χ0v) is 6.82. The number of hydrogen-bond donors (Lipinski definition) is 0. The molecule has 2 aromatic rings. The molecule has 0 unspecified atom stereocenters. The highest BCUT2D eigenvalue weighted by Gasteiger charge is 2.05. The Labute approximate surface area is 73.7 Å². The molecule has 2 heterocycles.